The Morgan fingerprint density at radius 1 is 1.10 bits per heavy atom. The van der Waals surface area contributed by atoms with E-state index < -0.39 is 0 Å². The highest BCUT2D eigenvalue weighted by molar-refractivity contribution is 5.83. The lowest BCUT2D eigenvalue weighted by Gasteiger charge is -2.39. The van der Waals surface area contributed by atoms with E-state index in [0.29, 0.717) is 32.2 Å². The predicted octanol–water partition coefficient (Wildman–Crippen LogP) is 1.76. The zero-order valence-corrected chi connectivity index (χ0v) is 17.7. The summed E-state index contributed by atoms with van der Waals surface area (Å²) >= 11 is 0. The highest BCUT2D eigenvalue weighted by Gasteiger charge is 2.33. The van der Waals surface area contributed by atoms with Crippen LogP contribution in [0.5, 0.6) is 0 Å². The van der Waals surface area contributed by atoms with E-state index in [1.54, 1.807) is 11.1 Å². The summed E-state index contributed by atoms with van der Waals surface area (Å²) in [5.74, 6) is 0.0601. The number of nitrogens with zero attached hydrogens (tertiary/aromatic N) is 3. The summed E-state index contributed by atoms with van der Waals surface area (Å²) in [6, 6.07) is 7.81. The Morgan fingerprint density at radius 2 is 1.80 bits per heavy atom. The summed E-state index contributed by atoms with van der Waals surface area (Å²) in [6.07, 6.45) is 6.12. The second-order valence-corrected chi connectivity index (χ2v) is 8.47. The van der Waals surface area contributed by atoms with Crippen LogP contribution in [0.2, 0.25) is 0 Å². The number of carbonyl (C=O) groups is 3. The largest absolute Gasteiger partial charge is 0.352 e. The third-order valence-corrected chi connectivity index (χ3v) is 6.35. The molecule has 0 radical (unpaired) electrons. The molecule has 0 aromatic heterocycles. The molecule has 160 valence electrons. The molecule has 1 N–H and O–H groups in total. The third-order valence-electron chi connectivity index (χ3n) is 6.35. The first-order valence-corrected chi connectivity index (χ1v) is 10.8. The van der Waals surface area contributed by atoms with E-state index in [2.05, 4.69) is 10.2 Å². The topological polar surface area (TPSA) is 73.0 Å². The van der Waals surface area contributed by atoms with Crippen LogP contribution >= 0.6 is 0 Å². The van der Waals surface area contributed by atoms with Crippen LogP contribution < -0.4 is 5.32 Å². The number of hydrogen-bond donors (Lipinski definition) is 1. The SMILES string of the molecule is CC(=O)N1C=Cc2ccccc2C1CC(=O)N1CCN(C(C)C(=O)NC2CC2)CC1. The van der Waals surface area contributed by atoms with Crippen LogP contribution in [0.1, 0.15) is 50.3 Å². The van der Waals surface area contributed by atoms with Gasteiger partial charge in [0, 0.05) is 45.3 Å². The van der Waals surface area contributed by atoms with Crippen molar-refractivity contribution in [2.24, 2.45) is 0 Å². The number of benzene rings is 1. The van der Waals surface area contributed by atoms with Gasteiger partial charge in [-0.05, 0) is 37.0 Å². The molecule has 4 rings (SSSR count). The Bertz CT molecular complexity index is 856. The van der Waals surface area contributed by atoms with E-state index in [0.717, 1.165) is 24.0 Å². The van der Waals surface area contributed by atoms with Gasteiger partial charge in [0.2, 0.25) is 17.7 Å². The molecule has 3 amide bonds. The minimum absolute atomic E-state index is 0.0473. The molecule has 30 heavy (non-hydrogen) atoms. The number of rotatable bonds is 5. The van der Waals surface area contributed by atoms with Crippen molar-refractivity contribution in [1.29, 1.82) is 0 Å². The molecule has 3 aliphatic rings. The summed E-state index contributed by atoms with van der Waals surface area (Å²) in [5, 5.41) is 3.06. The van der Waals surface area contributed by atoms with Crippen molar-refractivity contribution in [3.8, 4) is 0 Å². The molecule has 1 saturated carbocycles. The molecule has 2 atom stereocenters. The number of nitrogens with one attached hydrogen (secondary N) is 1. The first kappa shape index (κ1) is 20.6. The van der Waals surface area contributed by atoms with Gasteiger partial charge in [-0.2, -0.15) is 0 Å². The lowest BCUT2D eigenvalue weighted by molar-refractivity contribution is -0.136. The lowest BCUT2D eigenvalue weighted by atomic mass is 9.93. The molecular formula is C23H30N4O3. The van der Waals surface area contributed by atoms with Crippen molar-refractivity contribution in [2.75, 3.05) is 26.2 Å². The van der Waals surface area contributed by atoms with Gasteiger partial charge < -0.3 is 15.1 Å². The lowest BCUT2D eigenvalue weighted by Crippen LogP contribution is -2.55. The van der Waals surface area contributed by atoms with E-state index in [1.807, 2.05) is 42.2 Å². The van der Waals surface area contributed by atoms with Gasteiger partial charge in [-0.25, -0.2) is 0 Å². The monoisotopic (exact) mass is 410 g/mol. The molecule has 0 bridgehead atoms. The molecule has 7 nitrogen and oxygen atoms in total. The molecule has 0 spiro atoms. The van der Waals surface area contributed by atoms with Crippen molar-refractivity contribution in [1.82, 2.24) is 20.0 Å². The van der Waals surface area contributed by atoms with Gasteiger partial charge in [-0.1, -0.05) is 24.3 Å². The molecule has 2 aliphatic heterocycles. The number of fused-ring (bicyclic) bond motifs is 1. The Labute approximate surface area is 177 Å². The molecule has 1 aromatic rings. The zero-order valence-electron chi connectivity index (χ0n) is 17.7. The van der Waals surface area contributed by atoms with E-state index >= 15 is 0 Å². The maximum Gasteiger partial charge on any atom is 0.237 e. The van der Waals surface area contributed by atoms with E-state index in [9.17, 15) is 14.4 Å². The minimum atomic E-state index is -0.280. The predicted molar refractivity (Wildman–Crippen MR) is 114 cm³/mol. The summed E-state index contributed by atoms with van der Waals surface area (Å²) in [6.45, 7) is 6.04. The highest BCUT2D eigenvalue weighted by Crippen LogP contribution is 2.33. The van der Waals surface area contributed by atoms with Crippen LogP contribution in [0, 0.1) is 0 Å². The van der Waals surface area contributed by atoms with Crippen LogP contribution in [0.4, 0.5) is 0 Å². The van der Waals surface area contributed by atoms with Crippen molar-refractivity contribution >= 4 is 23.8 Å². The van der Waals surface area contributed by atoms with Crippen LogP contribution in [0.25, 0.3) is 6.08 Å². The van der Waals surface area contributed by atoms with Crippen LogP contribution in [-0.4, -0.2) is 70.7 Å². The molecule has 2 fully saturated rings. The smallest absolute Gasteiger partial charge is 0.237 e. The second kappa shape index (κ2) is 8.60. The highest BCUT2D eigenvalue weighted by atomic mass is 16.2. The number of hydrogen-bond acceptors (Lipinski definition) is 4. The summed E-state index contributed by atoms with van der Waals surface area (Å²) in [7, 11) is 0. The van der Waals surface area contributed by atoms with Gasteiger partial charge in [0.05, 0.1) is 18.5 Å². The Hall–Kier alpha value is -2.67. The first-order chi connectivity index (χ1) is 14.4. The average molecular weight is 411 g/mol. The van der Waals surface area contributed by atoms with Gasteiger partial charge in [-0.3, -0.25) is 19.3 Å². The number of piperazine rings is 1. The van der Waals surface area contributed by atoms with Gasteiger partial charge in [0.15, 0.2) is 0 Å². The third kappa shape index (κ3) is 4.41. The van der Waals surface area contributed by atoms with Gasteiger partial charge in [0.25, 0.3) is 0 Å². The zero-order chi connectivity index (χ0) is 21.3. The Kier molecular flexibility index (Phi) is 5.90. The number of carbonyl (C=O) groups excluding carboxylic acids is 3. The van der Waals surface area contributed by atoms with Gasteiger partial charge in [-0.15, -0.1) is 0 Å². The van der Waals surface area contributed by atoms with Crippen molar-refractivity contribution in [3.05, 3.63) is 41.6 Å². The first-order valence-electron chi connectivity index (χ1n) is 10.8. The maximum absolute atomic E-state index is 13.1. The van der Waals surface area contributed by atoms with Gasteiger partial charge >= 0.3 is 0 Å². The fourth-order valence-corrected chi connectivity index (χ4v) is 4.28. The molecular weight excluding hydrogens is 380 g/mol. The molecule has 1 saturated heterocycles. The quantitative estimate of drug-likeness (QED) is 0.803. The Balaban J connectivity index is 1.36. The van der Waals surface area contributed by atoms with E-state index in [4.69, 9.17) is 0 Å². The summed E-state index contributed by atoms with van der Waals surface area (Å²) < 4.78 is 0. The molecule has 2 unspecified atom stereocenters. The molecule has 1 aromatic carbocycles. The van der Waals surface area contributed by atoms with Crippen LogP contribution in [-0.2, 0) is 14.4 Å². The summed E-state index contributed by atoms with van der Waals surface area (Å²) in [4.78, 5) is 43.2. The summed E-state index contributed by atoms with van der Waals surface area (Å²) in [5.41, 5.74) is 2.06. The number of amides is 3. The standard InChI is InChI=1S/C23H30N4O3/c1-16(23(30)24-19-7-8-19)25-11-13-26(14-12-25)22(29)15-21-20-6-4-3-5-18(20)9-10-27(21)17(2)28/h3-6,9-10,16,19,21H,7-8,11-15H2,1-2H3,(H,24,30). The fraction of sp³-hybridized carbons (Fsp3) is 0.522. The van der Waals surface area contributed by atoms with E-state index in [1.165, 1.54) is 6.92 Å². The molecule has 2 heterocycles. The van der Waals surface area contributed by atoms with Crippen molar-refractivity contribution < 1.29 is 14.4 Å². The normalized spacial score (nSPS) is 22.4. The molecule has 7 heteroatoms. The van der Waals surface area contributed by atoms with Crippen LogP contribution in [0.15, 0.2) is 30.5 Å². The Morgan fingerprint density at radius 3 is 2.47 bits per heavy atom. The van der Waals surface area contributed by atoms with Crippen molar-refractivity contribution in [2.45, 2.75) is 51.2 Å². The second-order valence-electron chi connectivity index (χ2n) is 8.47. The van der Waals surface area contributed by atoms with Crippen LogP contribution in [0.3, 0.4) is 0 Å². The molecule has 1 aliphatic carbocycles. The average Bonchev–Trinajstić information content (AvgIpc) is 3.57. The minimum Gasteiger partial charge on any atom is -0.352 e. The van der Waals surface area contributed by atoms with Gasteiger partial charge in [0.1, 0.15) is 0 Å². The fourth-order valence-electron chi connectivity index (χ4n) is 4.28. The van der Waals surface area contributed by atoms with Crippen molar-refractivity contribution in [3.63, 3.8) is 0 Å². The maximum atomic E-state index is 13.1. The van der Waals surface area contributed by atoms with E-state index in [-0.39, 0.29) is 36.2 Å².